The van der Waals surface area contributed by atoms with Crippen LogP contribution in [-0.4, -0.2) is 68.6 Å². The average molecular weight is 733 g/mol. The number of amides is 1. The van der Waals surface area contributed by atoms with Crippen molar-refractivity contribution < 1.29 is 33.2 Å². The minimum Gasteiger partial charge on any atom is -0.496 e. The fourth-order valence-electron chi connectivity index (χ4n) is 6.91. The molecule has 1 N–H and O–H groups in total. The van der Waals surface area contributed by atoms with Gasteiger partial charge in [0.25, 0.3) is 11.5 Å². The number of thiophene rings is 1. The van der Waals surface area contributed by atoms with Crippen LogP contribution in [0.15, 0.2) is 40.2 Å². The van der Waals surface area contributed by atoms with Crippen molar-refractivity contribution >= 4 is 37.5 Å². The Bertz CT molecular complexity index is 2200. The number of sulfonamides is 1. The van der Waals surface area contributed by atoms with Gasteiger partial charge in [0.15, 0.2) is 0 Å². The van der Waals surface area contributed by atoms with Crippen LogP contribution in [0.4, 0.5) is 4.39 Å². The number of benzene rings is 1. The topological polar surface area (TPSA) is 166 Å². The highest BCUT2D eigenvalue weighted by Gasteiger charge is 2.52. The lowest BCUT2D eigenvalue weighted by atomic mass is 10.0. The molecule has 5 heterocycles. The van der Waals surface area contributed by atoms with Crippen LogP contribution < -0.4 is 20.7 Å². The molecule has 3 aliphatic rings. The summed E-state index contributed by atoms with van der Waals surface area (Å²) in [6.45, 7) is 5.66. The summed E-state index contributed by atoms with van der Waals surface area (Å²) >= 11 is 1.10. The molecule has 4 atom stereocenters. The third-order valence-electron chi connectivity index (χ3n) is 10.2. The zero-order valence-corrected chi connectivity index (χ0v) is 30.0. The van der Waals surface area contributed by atoms with E-state index in [1.807, 2.05) is 0 Å². The molecule has 4 aromatic rings. The number of nitrogens with one attached hydrogen (secondary N) is 1. The van der Waals surface area contributed by atoms with E-state index < -0.39 is 49.4 Å². The first-order valence-electron chi connectivity index (χ1n) is 16.5. The monoisotopic (exact) mass is 732 g/mol. The van der Waals surface area contributed by atoms with Crippen molar-refractivity contribution in [1.82, 2.24) is 28.9 Å². The van der Waals surface area contributed by atoms with Gasteiger partial charge in [0.2, 0.25) is 10.0 Å². The number of methoxy groups -OCH3 is 1. The van der Waals surface area contributed by atoms with Gasteiger partial charge in [-0.25, -0.2) is 22.2 Å². The van der Waals surface area contributed by atoms with Gasteiger partial charge < -0.3 is 14.2 Å². The number of rotatable bonds is 11. The molecule has 0 spiro atoms. The smallest absolute Gasteiger partial charge is 0.333 e. The molecular weight excluding hydrogens is 692 g/mol. The number of aryl methyl sites for hydroxylation is 1. The van der Waals surface area contributed by atoms with Gasteiger partial charge in [0, 0.05) is 12.6 Å². The van der Waals surface area contributed by atoms with E-state index in [4.69, 9.17) is 14.2 Å². The van der Waals surface area contributed by atoms with Crippen LogP contribution in [-0.2, 0) is 36.4 Å². The zero-order chi connectivity index (χ0) is 35.7. The minimum absolute atomic E-state index is 0. The van der Waals surface area contributed by atoms with Gasteiger partial charge in [-0.2, -0.15) is 10.2 Å². The van der Waals surface area contributed by atoms with Gasteiger partial charge in [0.05, 0.1) is 54.5 Å². The maximum absolute atomic E-state index is 14.9. The van der Waals surface area contributed by atoms with E-state index in [0.717, 1.165) is 28.7 Å². The Hall–Kier alpha value is -3.93. The van der Waals surface area contributed by atoms with E-state index in [1.165, 1.54) is 67.8 Å². The Morgan fingerprint density at radius 1 is 1.20 bits per heavy atom. The molecular formula is C33H41FN6O8S2. The Morgan fingerprint density at radius 3 is 2.48 bits per heavy atom. The van der Waals surface area contributed by atoms with E-state index in [9.17, 15) is 27.2 Å². The molecule has 1 aromatic carbocycles. The second-order valence-corrected chi connectivity index (χ2v) is 17.2. The number of carbonyl (C=O) groups is 1. The molecule has 17 heteroatoms. The van der Waals surface area contributed by atoms with Crippen molar-refractivity contribution in [1.29, 1.82) is 0 Å². The molecule has 3 aromatic heterocycles. The van der Waals surface area contributed by atoms with E-state index in [-0.39, 0.29) is 36.5 Å². The number of aromatic nitrogens is 5. The van der Waals surface area contributed by atoms with Gasteiger partial charge >= 0.3 is 5.69 Å². The molecule has 1 unspecified atom stereocenters. The van der Waals surface area contributed by atoms with Gasteiger partial charge in [-0.05, 0) is 84.4 Å². The summed E-state index contributed by atoms with van der Waals surface area (Å²) in [5.41, 5.74) is -2.83. The minimum atomic E-state index is -4.10. The second kappa shape index (κ2) is 12.4. The Balaban J connectivity index is 0.00000448. The van der Waals surface area contributed by atoms with Crippen molar-refractivity contribution in [2.45, 2.75) is 107 Å². The molecule has 1 aliphatic carbocycles. The molecule has 270 valence electrons. The van der Waals surface area contributed by atoms with E-state index in [0.29, 0.717) is 47.6 Å². The maximum Gasteiger partial charge on any atom is 0.333 e. The largest absolute Gasteiger partial charge is 0.496 e. The van der Waals surface area contributed by atoms with Gasteiger partial charge in [-0.15, -0.1) is 4.80 Å². The SMILES string of the molecule is COc1ccc(F)cc1[C@H](Cn1c(=O)n(C(C)(C)C(=O)NS(=O)(=O)C2(C)CC2)c(=O)c2c(C)c(-n3nccn3)sc21)OC1C[C@H]2CC[C@@H](C1)O2.[HH]. The van der Waals surface area contributed by atoms with Crippen molar-refractivity contribution in [2.75, 3.05) is 7.11 Å². The number of nitrogens with zero attached hydrogens (tertiary/aromatic N) is 5. The normalized spacial score (nSPS) is 22.1. The standard InChI is InChI=1S/C33H39FN6O8S2.H2/c1-18-26-27(41)39(32(2,3)30(42)37-50(44,45)33(4)10-11-33)31(43)38(29(26)49-28(18)40-35-12-13-36-40)17-25(23-14-19(34)6-9-24(23)46-5)48-22-15-20-7-8-21(16-22)47-20;/h6,9,12-14,20-22,25H,7-8,10-11,15-17H2,1-5H3,(H,37,42);1H/t20-,21+,22?,25-;/m0./s1. The molecule has 1 amide bonds. The number of carbonyl (C=O) groups excluding carboxylic acids is 1. The molecule has 7 rings (SSSR count). The number of hydrogen-bond donors (Lipinski definition) is 1. The molecule has 50 heavy (non-hydrogen) atoms. The van der Waals surface area contributed by atoms with Crippen molar-refractivity contribution in [3.63, 3.8) is 0 Å². The number of ether oxygens (including phenoxy) is 3. The van der Waals surface area contributed by atoms with Crippen LogP contribution in [0.1, 0.15) is 78.0 Å². The Kier molecular flexibility index (Phi) is 8.55. The summed E-state index contributed by atoms with van der Waals surface area (Å²) in [7, 11) is -2.64. The van der Waals surface area contributed by atoms with E-state index >= 15 is 0 Å². The average Bonchev–Trinajstić information content (AvgIpc) is 3.35. The zero-order valence-electron chi connectivity index (χ0n) is 28.3. The van der Waals surface area contributed by atoms with E-state index in [2.05, 4.69) is 14.9 Å². The maximum atomic E-state index is 14.9. The van der Waals surface area contributed by atoms with Crippen molar-refractivity contribution in [2.24, 2.45) is 0 Å². The Labute approximate surface area is 292 Å². The summed E-state index contributed by atoms with van der Waals surface area (Å²) < 4.78 is 62.5. The predicted octanol–water partition coefficient (Wildman–Crippen LogP) is 3.71. The molecule has 1 saturated carbocycles. The fraction of sp³-hybridized carbons (Fsp3) is 0.545. The second-order valence-electron chi connectivity index (χ2n) is 14.1. The van der Waals surface area contributed by atoms with Crippen LogP contribution in [0.3, 0.4) is 0 Å². The first kappa shape index (κ1) is 34.5. The van der Waals surface area contributed by atoms with Gasteiger partial charge in [0.1, 0.15) is 33.0 Å². The highest BCUT2D eigenvalue weighted by Crippen LogP contribution is 2.43. The summed E-state index contributed by atoms with van der Waals surface area (Å²) in [5, 5.41) is 9.03. The third kappa shape index (κ3) is 5.86. The summed E-state index contributed by atoms with van der Waals surface area (Å²) in [6, 6.07) is 4.05. The van der Waals surface area contributed by atoms with Crippen molar-refractivity contribution in [3.8, 4) is 10.8 Å². The first-order chi connectivity index (χ1) is 23.6. The van der Waals surface area contributed by atoms with Gasteiger partial charge in [-0.3, -0.25) is 18.9 Å². The number of hydrogen-bond acceptors (Lipinski definition) is 11. The first-order valence-corrected chi connectivity index (χ1v) is 18.8. The Morgan fingerprint density at radius 2 is 1.86 bits per heavy atom. The molecule has 2 saturated heterocycles. The van der Waals surface area contributed by atoms with Crippen molar-refractivity contribution in [3.05, 3.63) is 68.4 Å². The molecule has 2 aliphatic heterocycles. The lowest BCUT2D eigenvalue weighted by molar-refractivity contribution is -0.126. The highest BCUT2D eigenvalue weighted by molar-refractivity contribution is 7.91. The van der Waals surface area contributed by atoms with Gasteiger partial charge in [-0.1, -0.05) is 11.3 Å². The lowest BCUT2D eigenvalue weighted by Crippen LogP contribution is -2.57. The molecule has 3 fully saturated rings. The van der Waals surface area contributed by atoms with Crippen LogP contribution in [0, 0.1) is 12.7 Å². The van der Waals surface area contributed by atoms with E-state index in [1.54, 1.807) is 6.92 Å². The summed E-state index contributed by atoms with van der Waals surface area (Å²) in [5.74, 6) is -1.23. The molecule has 14 nitrogen and oxygen atoms in total. The van der Waals surface area contributed by atoms with Crippen LogP contribution in [0.25, 0.3) is 15.2 Å². The molecule has 2 bridgehead atoms. The summed E-state index contributed by atoms with van der Waals surface area (Å²) in [4.78, 5) is 44.5. The van der Waals surface area contributed by atoms with Crippen LogP contribution in [0.5, 0.6) is 5.75 Å². The third-order valence-corrected chi connectivity index (χ3v) is 13.7. The number of fused-ring (bicyclic) bond motifs is 3. The highest BCUT2D eigenvalue weighted by atomic mass is 32.2. The predicted molar refractivity (Wildman–Crippen MR) is 184 cm³/mol. The van der Waals surface area contributed by atoms with Crippen LogP contribution >= 0.6 is 11.3 Å². The lowest BCUT2D eigenvalue weighted by Gasteiger charge is -2.33. The molecule has 0 radical (unpaired) electrons. The summed E-state index contributed by atoms with van der Waals surface area (Å²) in [6.07, 6.45) is 5.60. The number of halogens is 1. The fourth-order valence-corrected chi connectivity index (χ4v) is 9.51. The quantitative estimate of drug-likeness (QED) is 0.240. The van der Waals surface area contributed by atoms with Crippen LogP contribution in [0.2, 0.25) is 0 Å².